The normalized spacial score (nSPS) is 14.9. The van der Waals surface area contributed by atoms with Gasteiger partial charge in [0.2, 0.25) is 0 Å². The summed E-state index contributed by atoms with van der Waals surface area (Å²) in [5.41, 5.74) is 3.26. The lowest BCUT2D eigenvalue weighted by Crippen LogP contribution is -2.39. The minimum Gasteiger partial charge on any atom is -0.382 e. The summed E-state index contributed by atoms with van der Waals surface area (Å²) in [5.74, 6) is 0.0173. The third-order valence-corrected chi connectivity index (χ3v) is 4.50. The summed E-state index contributed by atoms with van der Waals surface area (Å²) in [4.78, 5) is 14.2. The van der Waals surface area contributed by atoms with Gasteiger partial charge in [0.05, 0.1) is 11.6 Å². The maximum absolute atomic E-state index is 11.8. The van der Waals surface area contributed by atoms with E-state index in [1.54, 1.807) is 25.1 Å². The molecular weight excluding hydrogens is 298 g/mol. The summed E-state index contributed by atoms with van der Waals surface area (Å²) < 4.78 is 0. The molecule has 0 saturated carbocycles. The zero-order chi connectivity index (χ0) is 16.9. The zero-order valence-corrected chi connectivity index (χ0v) is 13.8. The van der Waals surface area contributed by atoms with Crippen LogP contribution in [0.2, 0.25) is 0 Å². The number of carbonyl (C=O) groups excluding carboxylic acids is 1. The number of carbonyl (C=O) groups is 1. The fourth-order valence-electron chi connectivity index (χ4n) is 3.18. The van der Waals surface area contributed by atoms with E-state index >= 15 is 0 Å². The van der Waals surface area contributed by atoms with Crippen LogP contribution in [0.5, 0.6) is 0 Å². The number of para-hydroxylation sites is 1. The van der Waals surface area contributed by atoms with Crippen LogP contribution in [0.1, 0.15) is 35.7 Å². The van der Waals surface area contributed by atoms with Crippen LogP contribution in [0.3, 0.4) is 0 Å². The molecule has 0 aliphatic carbocycles. The van der Waals surface area contributed by atoms with Gasteiger partial charge in [-0.2, -0.15) is 5.26 Å². The van der Waals surface area contributed by atoms with E-state index in [2.05, 4.69) is 40.6 Å². The molecule has 0 radical (unpaired) electrons. The average Bonchev–Trinajstić information content (AvgIpc) is 2.63. The van der Waals surface area contributed by atoms with Crippen molar-refractivity contribution in [3.63, 3.8) is 0 Å². The van der Waals surface area contributed by atoms with Crippen LogP contribution in [-0.4, -0.2) is 24.9 Å². The molecule has 1 aliphatic heterocycles. The Morgan fingerprint density at radius 3 is 2.50 bits per heavy atom. The molecule has 0 atom stereocenters. The number of ketones is 1. The molecule has 4 heteroatoms. The molecule has 0 unspecified atom stereocenters. The van der Waals surface area contributed by atoms with Crippen molar-refractivity contribution in [2.24, 2.45) is 0 Å². The van der Waals surface area contributed by atoms with E-state index in [1.165, 1.54) is 5.69 Å². The quantitative estimate of drug-likeness (QED) is 0.870. The lowest BCUT2D eigenvalue weighted by molar-refractivity contribution is 0.101. The van der Waals surface area contributed by atoms with Gasteiger partial charge in [0.1, 0.15) is 0 Å². The summed E-state index contributed by atoms with van der Waals surface area (Å²) >= 11 is 0. The van der Waals surface area contributed by atoms with Crippen molar-refractivity contribution in [1.29, 1.82) is 5.26 Å². The van der Waals surface area contributed by atoms with Crippen LogP contribution in [-0.2, 0) is 0 Å². The maximum Gasteiger partial charge on any atom is 0.161 e. The molecule has 1 saturated heterocycles. The van der Waals surface area contributed by atoms with Gasteiger partial charge in [-0.25, -0.2) is 0 Å². The van der Waals surface area contributed by atoms with Gasteiger partial charge in [-0.05, 0) is 50.1 Å². The second kappa shape index (κ2) is 7.18. The molecule has 122 valence electrons. The van der Waals surface area contributed by atoms with Gasteiger partial charge in [0.25, 0.3) is 0 Å². The van der Waals surface area contributed by atoms with Crippen molar-refractivity contribution in [2.45, 2.75) is 25.8 Å². The minimum absolute atomic E-state index is 0.0173. The number of benzene rings is 2. The predicted molar refractivity (Wildman–Crippen MR) is 96.5 cm³/mol. The molecule has 0 amide bonds. The molecule has 0 aromatic heterocycles. The van der Waals surface area contributed by atoms with Gasteiger partial charge in [0.15, 0.2) is 5.78 Å². The number of rotatable bonds is 4. The number of piperidine rings is 1. The van der Waals surface area contributed by atoms with E-state index < -0.39 is 0 Å². The van der Waals surface area contributed by atoms with E-state index in [4.69, 9.17) is 5.26 Å². The Morgan fingerprint density at radius 2 is 1.88 bits per heavy atom. The minimum atomic E-state index is 0.0173. The average molecular weight is 319 g/mol. The first-order valence-corrected chi connectivity index (χ1v) is 8.29. The Labute approximate surface area is 142 Å². The smallest absolute Gasteiger partial charge is 0.161 e. The highest BCUT2D eigenvalue weighted by Crippen LogP contribution is 2.24. The molecule has 2 aromatic carbocycles. The molecule has 24 heavy (non-hydrogen) atoms. The highest BCUT2D eigenvalue weighted by molar-refractivity contribution is 5.99. The number of anilines is 2. The summed E-state index contributed by atoms with van der Waals surface area (Å²) in [6, 6.07) is 18.1. The summed E-state index contributed by atoms with van der Waals surface area (Å²) in [6.07, 6.45) is 2.01. The molecule has 1 N–H and O–H groups in total. The summed E-state index contributed by atoms with van der Waals surface area (Å²) in [6.45, 7) is 3.52. The van der Waals surface area contributed by atoms with Gasteiger partial charge in [-0.3, -0.25) is 4.79 Å². The van der Waals surface area contributed by atoms with Crippen molar-refractivity contribution >= 4 is 17.2 Å². The number of nitrogens with zero attached hydrogens (tertiary/aromatic N) is 2. The number of nitrogens with one attached hydrogen (secondary N) is 1. The lowest BCUT2D eigenvalue weighted by atomic mass is 10.0. The van der Waals surface area contributed by atoms with Crippen LogP contribution in [0.25, 0.3) is 0 Å². The second-order valence-corrected chi connectivity index (χ2v) is 6.17. The number of hydrogen-bond donors (Lipinski definition) is 1. The fraction of sp³-hybridized carbons (Fsp3) is 0.300. The van der Waals surface area contributed by atoms with Crippen LogP contribution >= 0.6 is 0 Å². The van der Waals surface area contributed by atoms with E-state index in [0.29, 0.717) is 17.2 Å². The van der Waals surface area contributed by atoms with Crippen LogP contribution in [0.15, 0.2) is 48.5 Å². The van der Waals surface area contributed by atoms with Crippen molar-refractivity contribution in [3.8, 4) is 6.07 Å². The first-order valence-electron chi connectivity index (χ1n) is 8.29. The van der Waals surface area contributed by atoms with Crippen LogP contribution < -0.4 is 10.2 Å². The van der Waals surface area contributed by atoms with Crippen molar-refractivity contribution < 1.29 is 4.79 Å². The number of Topliss-reactive ketones (excluding diaryl/α,β-unsaturated/α-hetero) is 1. The van der Waals surface area contributed by atoms with E-state index in [1.807, 2.05) is 6.07 Å². The van der Waals surface area contributed by atoms with Gasteiger partial charge in [0, 0.05) is 36.1 Å². The third kappa shape index (κ3) is 3.57. The fourth-order valence-corrected chi connectivity index (χ4v) is 3.18. The molecule has 0 bridgehead atoms. The summed E-state index contributed by atoms with van der Waals surface area (Å²) in [7, 11) is 0. The largest absolute Gasteiger partial charge is 0.382 e. The Kier molecular flexibility index (Phi) is 4.81. The van der Waals surface area contributed by atoms with E-state index in [-0.39, 0.29) is 5.78 Å². The van der Waals surface area contributed by atoms with Crippen molar-refractivity contribution in [2.75, 3.05) is 23.3 Å². The van der Waals surface area contributed by atoms with Crippen LogP contribution in [0, 0.1) is 11.3 Å². The molecule has 3 rings (SSSR count). The standard InChI is InChI=1S/C20H21N3O/c1-15(24)19-8-7-16(14-21)13-20(19)22-17-9-11-23(12-10-17)18-5-3-2-4-6-18/h2-8,13,17,22H,9-12H2,1H3. The second-order valence-electron chi connectivity index (χ2n) is 6.17. The Bertz CT molecular complexity index is 756. The van der Waals surface area contributed by atoms with Gasteiger partial charge >= 0.3 is 0 Å². The van der Waals surface area contributed by atoms with Crippen molar-refractivity contribution in [1.82, 2.24) is 0 Å². The third-order valence-electron chi connectivity index (χ3n) is 4.50. The lowest BCUT2D eigenvalue weighted by Gasteiger charge is -2.34. The Balaban J connectivity index is 1.68. The number of hydrogen-bond acceptors (Lipinski definition) is 4. The highest BCUT2D eigenvalue weighted by Gasteiger charge is 2.20. The van der Waals surface area contributed by atoms with Gasteiger partial charge in [-0.1, -0.05) is 18.2 Å². The molecule has 0 spiro atoms. The Hall–Kier alpha value is -2.80. The zero-order valence-electron chi connectivity index (χ0n) is 13.8. The molecule has 1 heterocycles. The van der Waals surface area contributed by atoms with Crippen LogP contribution in [0.4, 0.5) is 11.4 Å². The monoisotopic (exact) mass is 319 g/mol. The van der Waals surface area contributed by atoms with E-state index in [9.17, 15) is 4.79 Å². The first kappa shape index (κ1) is 16.1. The summed E-state index contributed by atoms with van der Waals surface area (Å²) in [5, 5.41) is 12.6. The maximum atomic E-state index is 11.8. The van der Waals surface area contributed by atoms with Gasteiger partial charge < -0.3 is 10.2 Å². The number of nitriles is 1. The highest BCUT2D eigenvalue weighted by atomic mass is 16.1. The molecule has 1 aliphatic rings. The first-order chi connectivity index (χ1) is 11.7. The molecule has 2 aromatic rings. The van der Waals surface area contributed by atoms with E-state index in [0.717, 1.165) is 31.6 Å². The van der Waals surface area contributed by atoms with Crippen molar-refractivity contribution in [3.05, 3.63) is 59.7 Å². The predicted octanol–water partition coefficient (Wildman–Crippen LogP) is 3.84. The van der Waals surface area contributed by atoms with Gasteiger partial charge in [-0.15, -0.1) is 0 Å². The Morgan fingerprint density at radius 1 is 1.17 bits per heavy atom. The molecule has 4 nitrogen and oxygen atoms in total. The SMILES string of the molecule is CC(=O)c1ccc(C#N)cc1NC1CCN(c2ccccc2)CC1. The molecular formula is C20H21N3O. The molecule has 1 fully saturated rings. The topological polar surface area (TPSA) is 56.1 Å².